The molecule has 1 heterocycles. The minimum atomic E-state index is -2.61. The van der Waals surface area contributed by atoms with E-state index in [-0.39, 0.29) is 12.8 Å². The highest BCUT2D eigenvalue weighted by Gasteiger charge is 2.56. The zero-order chi connectivity index (χ0) is 12.1. The number of nitrogens with two attached hydrogens (primary N) is 1. The molecule has 1 saturated carbocycles. The molecule has 0 aromatic carbocycles. The van der Waals surface area contributed by atoms with Crippen molar-refractivity contribution < 1.29 is 8.78 Å². The molecule has 90 valence electrons. The molecule has 2 rings (SSSR count). The molecule has 1 aliphatic rings. The topological polar surface area (TPSA) is 42.2 Å². The Hall–Kier alpha value is -0.750. The number of aromatic nitrogens is 1. The lowest BCUT2D eigenvalue weighted by molar-refractivity contribution is -0.124. The number of rotatable bonds is 2. The van der Waals surface area contributed by atoms with Crippen LogP contribution in [0.15, 0.2) is 0 Å². The third-order valence-corrected chi connectivity index (χ3v) is 4.31. The van der Waals surface area contributed by atoms with Crippen molar-refractivity contribution in [1.82, 2.24) is 4.98 Å². The third kappa shape index (κ3) is 1.80. The van der Waals surface area contributed by atoms with E-state index in [0.717, 1.165) is 15.7 Å². The van der Waals surface area contributed by atoms with Crippen LogP contribution in [0.3, 0.4) is 0 Å². The van der Waals surface area contributed by atoms with Crippen LogP contribution in [0.1, 0.15) is 23.4 Å². The van der Waals surface area contributed by atoms with Gasteiger partial charge in [0.2, 0.25) is 0 Å². The van der Waals surface area contributed by atoms with Gasteiger partial charge in [-0.15, -0.1) is 0 Å². The van der Waals surface area contributed by atoms with Crippen molar-refractivity contribution in [3.8, 4) is 0 Å². The van der Waals surface area contributed by atoms with Gasteiger partial charge in [0.1, 0.15) is 0 Å². The second-order valence-corrected chi connectivity index (χ2v) is 5.65. The fourth-order valence-corrected chi connectivity index (χ4v) is 3.16. The summed E-state index contributed by atoms with van der Waals surface area (Å²) < 4.78 is 25.8. The van der Waals surface area contributed by atoms with E-state index in [0.29, 0.717) is 0 Å². The second-order valence-electron chi connectivity index (χ2n) is 4.67. The van der Waals surface area contributed by atoms with Crippen molar-refractivity contribution in [1.29, 1.82) is 0 Å². The van der Waals surface area contributed by atoms with Gasteiger partial charge in [0.25, 0.3) is 5.92 Å². The average Bonchev–Trinajstić information content (AvgIpc) is 2.43. The maximum absolute atomic E-state index is 12.9. The number of alkyl halides is 2. The van der Waals surface area contributed by atoms with Gasteiger partial charge in [0.05, 0.1) is 11.2 Å². The van der Waals surface area contributed by atoms with Crippen molar-refractivity contribution >= 4 is 16.5 Å². The maximum Gasteiger partial charge on any atom is 0.252 e. The molecular formula is C10H15F2N3S. The van der Waals surface area contributed by atoms with Crippen LogP contribution in [-0.2, 0) is 5.54 Å². The normalized spacial score (nSPS) is 21.6. The van der Waals surface area contributed by atoms with Gasteiger partial charge in [-0.1, -0.05) is 11.3 Å². The summed E-state index contributed by atoms with van der Waals surface area (Å²) >= 11 is 1.41. The highest BCUT2D eigenvalue weighted by molar-refractivity contribution is 7.15. The van der Waals surface area contributed by atoms with Gasteiger partial charge in [0, 0.05) is 31.8 Å². The molecule has 0 saturated heterocycles. The SMILES string of the molecule is Cc1nc(N(C)C)sc1C1(N)CC(F)(F)C1. The summed E-state index contributed by atoms with van der Waals surface area (Å²) in [6.07, 6.45) is -0.536. The van der Waals surface area contributed by atoms with E-state index in [1.165, 1.54) is 11.3 Å². The summed E-state index contributed by atoms with van der Waals surface area (Å²) in [5, 5.41) is 0.813. The van der Waals surface area contributed by atoms with E-state index in [9.17, 15) is 8.78 Å². The Morgan fingerprint density at radius 2 is 1.94 bits per heavy atom. The first-order chi connectivity index (χ1) is 7.23. The van der Waals surface area contributed by atoms with Gasteiger partial charge in [-0.3, -0.25) is 0 Å². The molecule has 0 amide bonds. The first kappa shape index (κ1) is 11.7. The number of anilines is 1. The van der Waals surface area contributed by atoms with Crippen LogP contribution in [0, 0.1) is 6.92 Å². The standard InChI is InChI=1S/C10H15F2N3S/c1-6-7(16-8(14-6)15(2)3)9(13)4-10(11,12)5-9/h4-5,13H2,1-3H3. The quantitative estimate of drug-likeness (QED) is 0.870. The van der Waals surface area contributed by atoms with Crippen LogP contribution in [-0.4, -0.2) is 25.0 Å². The summed E-state index contributed by atoms with van der Waals surface area (Å²) in [4.78, 5) is 6.98. The molecule has 0 bridgehead atoms. The minimum absolute atomic E-state index is 0.268. The molecule has 0 unspecified atom stereocenters. The molecule has 0 atom stereocenters. The summed E-state index contributed by atoms with van der Waals surface area (Å²) in [7, 11) is 3.75. The van der Waals surface area contributed by atoms with E-state index in [2.05, 4.69) is 4.98 Å². The van der Waals surface area contributed by atoms with Crippen LogP contribution < -0.4 is 10.6 Å². The van der Waals surface area contributed by atoms with E-state index in [1.807, 2.05) is 25.9 Å². The molecule has 0 spiro atoms. The van der Waals surface area contributed by atoms with Crippen LogP contribution in [0.5, 0.6) is 0 Å². The predicted octanol–water partition coefficient (Wildman–Crippen LogP) is 2.10. The fraction of sp³-hybridized carbons (Fsp3) is 0.700. The Kier molecular flexibility index (Phi) is 2.47. The Morgan fingerprint density at radius 1 is 1.38 bits per heavy atom. The molecule has 0 radical (unpaired) electrons. The molecule has 16 heavy (non-hydrogen) atoms. The van der Waals surface area contributed by atoms with Gasteiger partial charge in [-0.25, -0.2) is 13.8 Å². The third-order valence-electron chi connectivity index (χ3n) is 2.77. The van der Waals surface area contributed by atoms with E-state index in [4.69, 9.17) is 5.73 Å². The van der Waals surface area contributed by atoms with Crippen molar-refractivity contribution in [2.24, 2.45) is 5.73 Å². The number of aryl methyl sites for hydroxylation is 1. The molecule has 2 N–H and O–H groups in total. The lowest BCUT2D eigenvalue weighted by Gasteiger charge is -2.44. The van der Waals surface area contributed by atoms with E-state index >= 15 is 0 Å². The van der Waals surface area contributed by atoms with Crippen LogP contribution in [0.4, 0.5) is 13.9 Å². The monoisotopic (exact) mass is 247 g/mol. The largest absolute Gasteiger partial charge is 0.354 e. The van der Waals surface area contributed by atoms with Crippen molar-refractivity contribution in [2.75, 3.05) is 19.0 Å². The van der Waals surface area contributed by atoms with Crippen LogP contribution in [0.2, 0.25) is 0 Å². The van der Waals surface area contributed by atoms with Gasteiger partial charge >= 0.3 is 0 Å². The summed E-state index contributed by atoms with van der Waals surface area (Å²) in [5.74, 6) is -2.61. The Bertz CT molecular complexity index is 406. The lowest BCUT2D eigenvalue weighted by atomic mass is 9.73. The highest BCUT2D eigenvalue weighted by atomic mass is 32.1. The Morgan fingerprint density at radius 3 is 2.31 bits per heavy atom. The van der Waals surface area contributed by atoms with Crippen molar-refractivity contribution in [3.05, 3.63) is 10.6 Å². The maximum atomic E-state index is 12.9. The molecular weight excluding hydrogens is 232 g/mol. The van der Waals surface area contributed by atoms with Gasteiger partial charge < -0.3 is 10.6 Å². The summed E-state index contributed by atoms with van der Waals surface area (Å²) in [5.41, 5.74) is 5.88. The zero-order valence-electron chi connectivity index (χ0n) is 9.55. The lowest BCUT2D eigenvalue weighted by Crippen LogP contribution is -2.55. The highest BCUT2D eigenvalue weighted by Crippen LogP contribution is 2.52. The van der Waals surface area contributed by atoms with Gasteiger partial charge in [-0.05, 0) is 6.92 Å². The Labute approximate surface area is 97.3 Å². The average molecular weight is 247 g/mol. The molecule has 3 nitrogen and oxygen atoms in total. The second kappa shape index (κ2) is 3.37. The zero-order valence-corrected chi connectivity index (χ0v) is 10.4. The summed E-state index contributed by atoms with van der Waals surface area (Å²) in [6.45, 7) is 1.82. The fourth-order valence-electron chi connectivity index (χ4n) is 2.07. The number of hydrogen-bond acceptors (Lipinski definition) is 4. The number of thiazole rings is 1. The number of halogens is 2. The van der Waals surface area contributed by atoms with Crippen LogP contribution >= 0.6 is 11.3 Å². The van der Waals surface area contributed by atoms with Crippen LogP contribution in [0.25, 0.3) is 0 Å². The molecule has 0 aliphatic heterocycles. The van der Waals surface area contributed by atoms with Crippen molar-refractivity contribution in [3.63, 3.8) is 0 Å². The van der Waals surface area contributed by atoms with Gasteiger partial charge in [-0.2, -0.15) is 0 Å². The first-order valence-electron chi connectivity index (χ1n) is 5.05. The number of nitrogens with zero attached hydrogens (tertiary/aromatic N) is 2. The Balaban J connectivity index is 2.28. The number of hydrogen-bond donors (Lipinski definition) is 1. The van der Waals surface area contributed by atoms with E-state index < -0.39 is 11.5 Å². The van der Waals surface area contributed by atoms with Crippen molar-refractivity contribution in [2.45, 2.75) is 31.2 Å². The molecule has 1 aromatic rings. The van der Waals surface area contributed by atoms with E-state index in [1.54, 1.807) is 0 Å². The predicted molar refractivity (Wildman–Crippen MR) is 61.2 cm³/mol. The molecule has 1 fully saturated rings. The molecule has 1 aromatic heterocycles. The minimum Gasteiger partial charge on any atom is -0.354 e. The summed E-state index contributed by atoms with van der Waals surface area (Å²) in [6, 6.07) is 0. The molecule has 6 heteroatoms. The molecule has 1 aliphatic carbocycles. The van der Waals surface area contributed by atoms with Gasteiger partial charge in [0.15, 0.2) is 5.13 Å². The smallest absolute Gasteiger partial charge is 0.252 e. The first-order valence-corrected chi connectivity index (χ1v) is 5.87.